The van der Waals surface area contributed by atoms with E-state index in [1.807, 2.05) is 0 Å². The van der Waals surface area contributed by atoms with Crippen LogP contribution < -0.4 is 0 Å². The van der Waals surface area contributed by atoms with Crippen LogP contribution in [0.4, 0.5) is 4.39 Å². The van der Waals surface area contributed by atoms with Gasteiger partial charge in [0.25, 0.3) is 0 Å². The third kappa shape index (κ3) is 3.18. The Labute approximate surface area is 84.8 Å². The van der Waals surface area contributed by atoms with E-state index in [4.69, 9.17) is 0 Å². The molecule has 0 aliphatic rings. The number of halogens is 1. The molecule has 0 radical (unpaired) electrons. The second kappa shape index (κ2) is 4.76. The van der Waals surface area contributed by atoms with Gasteiger partial charge in [-0.2, -0.15) is 0 Å². The molecule has 1 rings (SSSR count). The molecule has 74 valence electrons. The summed E-state index contributed by atoms with van der Waals surface area (Å²) >= 11 is 1.20. The predicted octanol–water partition coefficient (Wildman–Crippen LogP) is 3.06. The molecule has 0 heterocycles. The lowest BCUT2D eigenvalue weighted by atomic mass is 10.4. The van der Waals surface area contributed by atoms with Gasteiger partial charge in [-0.25, -0.2) is 4.39 Å². The summed E-state index contributed by atoms with van der Waals surface area (Å²) in [6, 6.07) is 5.78. The third-order valence-electron chi connectivity index (χ3n) is 1.47. The summed E-state index contributed by atoms with van der Waals surface area (Å²) in [5, 5.41) is 11.7. The SMILES string of the molecule is CC(=CSc1ccc(F)cc1)[N+](=O)[O-]. The molecule has 5 heteroatoms. The van der Waals surface area contributed by atoms with Crippen LogP contribution in [0.15, 0.2) is 40.3 Å². The fourth-order valence-corrected chi connectivity index (χ4v) is 1.40. The summed E-state index contributed by atoms with van der Waals surface area (Å²) in [5.74, 6) is -0.315. The van der Waals surface area contributed by atoms with Gasteiger partial charge in [0, 0.05) is 17.2 Å². The Morgan fingerprint density at radius 1 is 1.50 bits per heavy atom. The third-order valence-corrected chi connectivity index (χ3v) is 2.47. The van der Waals surface area contributed by atoms with E-state index in [1.165, 1.54) is 36.2 Å². The standard InChI is InChI=1S/C9H8FNO2S/c1-7(11(12)13)6-14-9-4-2-8(10)3-5-9/h2-6H,1H3. The molecule has 0 N–H and O–H groups in total. The number of rotatable bonds is 3. The molecule has 1 aromatic rings. The number of hydrogen-bond donors (Lipinski definition) is 0. The molecule has 0 aromatic heterocycles. The second-order valence-corrected chi connectivity index (χ2v) is 3.53. The highest BCUT2D eigenvalue weighted by molar-refractivity contribution is 8.02. The van der Waals surface area contributed by atoms with Crippen LogP contribution in [0, 0.1) is 15.9 Å². The molecule has 1 aromatic carbocycles. The Balaban J connectivity index is 2.66. The molecule has 0 spiro atoms. The number of hydrogen-bond acceptors (Lipinski definition) is 3. The lowest BCUT2D eigenvalue weighted by Crippen LogP contribution is -1.91. The summed E-state index contributed by atoms with van der Waals surface area (Å²) in [4.78, 5) is 10.5. The second-order valence-electron chi connectivity index (χ2n) is 2.59. The summed E-state index contributed by atoms with van der Waals surface area (Å²) in [6.07, 6.45) is 0. The Kier molecular flexibility index (Phi) is 3.64. The molecule has 0 saturated carbocycles. The van der Waals surface area contributed by atoms with E-state index in [9.17, 15) is 14.5 Å². The maximum Gasteiger partial charge on any atom is 0.249 e. The summed E-state index contributed by atoms with van der Waals surface area (Å²) in [6.45, 7) is 1.41. The van der Waals surface area contributed by atoms with Crippen molar-refractivity contribution in [2.45, 2.75) is 11.8 Å². The van der Waals surface area contributed by atoms with Crippen LogP contribution in [0.5, 0.6) is 0 Å². The number of benzene rings is 1. The molecule has 0 bridgehead atoms. The van der Waals surface area contributed by atoms with Crippen molar-refractivity contribution in [2.24, 2.45) is 0 Å². The van der Waals surface area contributed by atoms with Gasteiger partial charge in [-0.1, -0.05) is 11.8 Å². The van der Waals surface area contributed by atoms with Gasteiger partial charge in [0.1, 0.15) is 5.82 Å². The molecule has 0 atom stereocenters. The number of allylic oxidation sites excluding steroid dienone is 1. The highest BCUT2D eigenvalue weighted by Crippen LogP contribution is 2.20. The zero-order valence-electron chi connectivity index (χ0n) is 7.44. The van der Waals surface area contributed by atoms with Gasteiger partial charge in [0.2, 0.25) is 5.70 Å². The summed E-state index contributed by atoms with van der Waals surface area (Å²) in [5.41, 5.74) is 0.0688. The average Bonchev–Trinajstić information content (AvgIpc) is 2.16. The first kappa shape index (κ1) is 10.7. The molecular formula is C9H8FNO2S. The Hall–Kier alpha value is -1.36. The summed E-state index contributed by atoms with van der Waals surface area (Å²) < 4.78 is 12.5. The van der Waals surface area contributed by atoms with Gasteiger partial charge in [-0.15, -0.1) is 0 Å². The zero-order chi connectivity index (χ0) is 10.6. The van der Waals surface area contributed by atoms with Crippen LogP contribution in [0.25, 0.3) is 0 Å². The molecule has 0 aliphatic carbocycles. The minimum atomic E-state index is -0.462. The van der Waals surface area contributed by atoms with Crippen molar-refractivity contribution in [1.29, 1.82) is 0 Å². The average molecular weight is 213 g/mol. The monoisotopic (exact) mass is 213 g/mol. The first-order valence-corrected chi connectivity index (χ1v) is 4.71. The molecule has 14 heavy (non-hydrogen) atoms. The molecular weight excluding hydrogens is 205 g/mol. The van der Waals surface area contributed by atoms with E-state index in [0.29, 0.717) is 0 Å². The topological polar surface area (TPSA) is 43.1 Å². The minimum absolute atomic E-state index is 0.0688. The van der Waals surface area contributed by atoms with E-state index < -0.39 is 4.92 Å². The highest BCUT2D eigenvalue weighted by atomic mass is 32.2. The molecule has 0 aliphatic heterocycles. The van der Waals surface area contributed by atoms with Crippen molar-refractivity contribution in [2.75, 3.05) is 0 Å². The van der Waals surface area contributed by atoms with E-state index in [2.05, 4.69) is 0 Å². The van der Waals surface area contributed by atoms with Crippen molar-refractivity contribution in [1.82, 2.24) is 0 Å². The van der Waals surface area contributed by atoms with Crippen LogP contribution in [0.2, 0.25) is 0 Å². The molecule has 0 fully saturated rings. The van der Waals surface area contributed by atoms with Crippen molar-refractivity contribution in [3.8, 4) is 0 Å². The maximum atomic E-state index is 12.5. The van der Waals surface area contributed by atoms with E-state index in [-0.39, 0.29) is 11.5 Å². The number of nitro groups is 1. The Bertz CT molecular complexity index is 362. The van der Waals surface area contributed by atoms with Crippen LogP contribution >= 0.6 is 11.8 Å². The van der Waals surface area contributed by atoms with Crippen molar-refractivity contribution >= 4 is 11.8 Å². The Morgan fingerprint density at radius 3 is 2.57 bits per heavy atom. The van der Waals surface area contributed by atoms with Crippen LogP contribution in [-0.2, 0) is 0 Å². The normalized spacial score (nSPS) is 11.4. The Morgan fingerprint density at radius 2 is 2.07 bits per heavy atom. The number of thioether (sulfide) groups is 1. The lowest BCUT2D eigenvalue weighted by Gasteiger charge is -1.94. The van der Waals surface area contributed by atoms with Crippen LogP contribution in [0.1, 0.15) is 6.92 Å². The maximum absolute atomic E-state index is 12.5. The smallest absolute Gasteiger partial charge is 0.249 e. The van der Waals surface area contributed by atoms with Gasteiger partial charge in [-0.3, -0.25) is 10.1 Å². The predicted molar refractivity (Wildman–Crippen MR) is 53.0 cm³/mol. The minimum Gasteiger partial charge on any atom is -0.259 e. The van der Waals surface area contributed by atoms with Gasteiger partial charge in [-0.05, 0) is 24.3 Å². The van der Waals surface area contributed by atoms with E-state index in [1.54, 1.807) is 12.1 Å². The van der Waals surface area contributed by atoms with Gasteiger partial charge in [0.05, 0.1) is 4.92 Å². The number of nitrogens with zero attached hydrogens (tertiary/aromatic N) is 1. The van der Waals surface area contributed by atoms with E-state index >= 15 is 0 Å². The van der Waals surface area contributed by atoms with Crippen molar-refractivity contribution in [3.05, 3.63) is 51.3 Å². The largest absolute Gasteiger partial charge is 0.259 e. The molecule has 0 amide bonds. The van der Waals surface area contributed by atoms with Crippen LogP contribution in [0.3, 0.4) is 0 Å². The van der Waals surface area contributed by atoms with Crippen molar-refractivity contribution in [3.63, 3.8) is 0 Å². The zero-order valence-corrected chi connectivity index (χ0v) is 8.25. The molecule has 3 nitrogen and oxygen atoms in total. The van der Waals surface area contributed by atoms with Gasteiger partial charge < -0.3 is 0 Å². The molecule has 0 unspecified atom stereocenters. The quantitative estimate of drug-likeness (QED) is 0.440. The lowest BCUT2D eigenvalue weighted by molar-refractivity contribution is -0.424. The van der Waals surface area contributed by atoms with Gasteiger partial charge >= 0.3 is 0 Å². The van der Waals surface area contributed by atoms with E-state index in [0.717, 1.165) is 4.90 Å². The summed E-state index contributed by atoms with van der Waals surface area (Å²) in [7, 11) is 0. The first-order valence-electron chi connectivity index (χ1n) is 3.83. The highest BCUT2D eigenvalue weighted by Gasteiger charge is 2.01. The first-order chi connectivity index (χ1) is 6.59. The molecule has 0 saturated heterocycles. The van der Waals surface area contributed by atoms with Gasteiger partial charge in [0.15, 0.2) is 0 Å². The van der Waals surface area contributed by atoms with Crippen molar-refractivity contribution < 1.29 is 9.31 Å². The van der Waals surface area contributed by atoms with Crippen LogP contribution in [-0.4, -0.2) is 4.92 Å². The fourth-order valence-electron chi connectivity index (χ4n) is 0.710. The fraction of sp³-hybridized carbons (Fsp3) is 0.111.